The van der Waals surface area contributed by atoms with E-state index in [-0.39, 0.29) is 42.9 Å². The fourth-order valence-electron chi connectivity index (χ4n) is 7.05. The Morgan fingerprint density at radius 1 is 1.11 bits per heavy atom. The molecular formula is C36H52N8O11. The number of nitrogens with one attached hydrogen (secondary N) is 4. The number of guanidine groups is 1. The molecule has 302 valence electrons. The Hall–Kier alpha value is -5.14. The molecule has 3 aliphatic rings. The molecule has 3 fully saturated rings. The average Bonchev–Trinajstić information content (AvgIpc) is 4.06. The summed E-state index contributed by atoms with van der Waals surface area (Å²) in [7, 11) is 1.55. The number of nitrogens with two attached hydrogens (primary N) is 2. The fourth-order valence-corrected chi connectivity index (χ4v) is 7.05. The Labute approximate surface area is 318 Å². The van der Waals surface area contributed by atoms with Crippen molar-refractivity contribution in [3.8, 4) is 0 Å². The molecule has 4 rings (SSSR count). The van der Waals surface area contributed by atoms with Crippen LogP contribution in [-0.4, -0.2) is 127 Å². The van der Waals surface area contributed by atoms with Crippen LogP contribution in [0.4, 0.5) is 4.79 Å². The summed E-state index contributed by atoms with van der Waals surface area (Å²) in [4.78, 5) is 83.8. The summed E-state index contributed by atoms with van der Waals surface area (Å²) >= 11 is 0. The maximum absolute atomic E-state index is 13.2. The molecule has 8 atom stereocenters. The van der Waals surface area contributed by atoms with Crippen LogP contribution in [0.1, 0.15) is 69.7 Å². The third-order valence-corrected chi connectivity index (χ3v) is 9.89. The Kier molecular flexibility index (Phi) is 14.7. The molecule has 4 amide bonds. The first-order chi connectivity index (χ1) is 26.1. The lowest BCUT2D eigenvalue weighted by atomic mass is 9.68. The van der Waals surface area contributed by atoms with E-state index in [1.54, 1.807) is 7.11 Å². The number of pyridine rings is 1. The van der Waals surface area contributed by atoms with Gasteiger partial charge in [0.15, 0.2) is 11.7 Å². The van der Waals surface area contributed by atoms with Gasteiger partial charge < -0.3 is 56.8 Å². The Morgan fingerprint density at radius 3 is 2.40 bits per heavy atom. The van der Waals surface area contributed by atoms with Gasteiger partial charge in [-0.05, 0) is 65.0 Å². The number of methoxy groups -OCH3 is 1. The second kappa shape index (κ2) is 18.9. The molecule has 0 radical (unpaired) electrons. The molecule has 1 aliphatic carbocycles. The Morgan fingerprint density at radius 2 is 1.80 bits per heavy atom. The van der Waals surface area contributed by atoms with Crippen LogP contribution in [0.5, 0.6) is 0 Å². The van der Waals surface area contributed by atoms with E-state index in [0.717, 1.165) is 6.42 Å². The monoisotopic (exact) mass is 772 g/mol. The highest BCUT2D eigenvalue weighted by molar-refractivity contribution is 6.03. The summed E-state index contributed by atoms with van der Waals surface area (Å²) in [5.74, 6) is -4.72. The number of epoxide rings is 2. The quantitative estimate of drug-likeness (QED) is 0.0223. The molecular weight excluding hydrogens is 720 g/mol. The fraction of sp³-hybridized carbons (Fsp3) is 0.611. The molecule has 1 saturated carbocycles. The number of carboxylic acids is 1. The number of aromatic nitrogens is 1. The highest BCUT2D eigenvalue weighted by atomic mass is 16.6. The number of ether oxygens (including phenoxy) is 4. The highest BCUT2D eigenvalue weighted by Crippen LogP contribution is 2.59. The van der Waals surface area contributed by atoms with Gasteiger partial charge in [0.25, 0.3) is 0 Å². The molecule has 55 heavy (non-hydrogen) atoms. The molecule has 1 aromatic heterocycles. The first-order valence-corrected chi connectivity index (χ1v) is 18.1. The molecule has 2 aliphatic heterocycles. The van der Waals surface area contributed by atoms with E-state index < -0.39 is 90.6 Å². The van der Waals surface area contributed by atoms with E-state index in [1.165, 1.54) is 30.1 Å². The van der Waals surface area contributed by atoms with E-state index in [1.807, 2.05) is 20.8 Å². The number of Topliss-reactive ketones (excluding diaryl/α,β-unsaturated/α-hetero) is 1. The van der Waals surface area contributed by atoms with Gasteiger partial charge in [-0.1, -0.05) is 11.6 Å². The van der Waals surface area contributed by atoms with Crippen LogP contribution < -0.4 is 32.7 Å². The van der Waals surface area contributed by atoms with Gasteiger partial charge in [-0.15, -0.1) is 0 Å². The molecule has 3 heterocycles. The van der Waals surface area contributed by atoms with Crippen LogP contribution in [0.2, 0.25) is 0 Å². The lowest BCUT2D eigenvalue weighted by molar-refractivity contribution is -0.137. The number of rotatable bonds is 20. The van der Waals surface area contributed by atoms with Gasteiger partial charge in [-0.2, -0.15) is 0 Å². The van der Waals surface area contributed by atoms with Crippen molar-refractivity contribution in [1.29, 1.82) is 0 Å². The Balaban J connectivity index is 1.31. The van der Waals surface area contributed by atoms with Gasteiger partial charge >= 0.3 is 12.1 Å². The van der Waals surface area contributed by atoms with Crippen molar-refractivity contribution in [2.75, 3.05) is 33.4 Å². The highest BCUT2D eigenvalue weighted by Gasteiger charge is 2.72. The number of amides is 4. The largest absolute Gasteiger partial charge is 0.481 e. The number of alkyl carbamates (subject to hydrolysis) is 1. The minimum Gasteiger partial charge on any atom is -0.481 e. The molecule has 1 spiro atoms. The normalized spacial score (nSPS) is 26.0. The topological polar surface area (TPSA) is 292 Å². The second-order valence-electron chi connectivity index (χ2n) is 14.3. The number of hydrogen-bond acceptors (Lipinski definition) is 12. The second-order valence-corrected chi connectivity index (χ2v) is 14.3. The maximum atomic E-state index is 13.2. The van der Waals surface area contributed by atoms with E-state index in [4.69, 9.17) is 30.4 Å². The van der Waals surface area contributed by atoms with Crippen LogP contribution >= 0.6 is 0 Å². The number of aliphatic imine (C=N–C) groups is 1. The van der Waals surface area contributed by atoms with Crippen molar-refractivity contribution in [1.82, 2.24) is 26.3 Å². The van der Waals surface area contributed by atoms with Gasteiger partial charge in [-0.3, -0.25) is 33.9 Å². The van der Waals surface area contributed by atoms with Crippen molar-refractivity contribution in [3.05, 3.63) is 41.7 Å². The number of carbonyl (C=O) groups excluding carboxylic acids is 5. The van der Waals surface area contributed by atoms with Crippen molar-refractivity contribution in [3.63, 3.8) is 0 Å². The average molecular weight is 773 g/mol. The standard InChI is InChI=1S/C36H52N8O11/c1-20(2)9-10-25-35(3,55-25)31-30(52-4)24(11-12-36(31)19-53-36)54-34(51)42-18-27(46)43-22(8-6-14-40-33(37)38)32(50)41-17-26(45)44-23(15-28(47)48)29(49)21-7-5-13-39-16-21/h5,7,9,13,16,22-25,30-31H,6,8,10-12,14-15,17-19H2,1-4H3,(H,41,50)(H,42,51)(H,43,46)(H,44,45)(H,47,48)(H4,37,38,40)/t22-,23-,24+,25+,30+,31+,35+,36-/m0/s1. The third kappa shape index (κ3) is 11.9. The zero-order valence-corrected chi connectivity index (χ0v) is 31.5. The van der Waals surface area contributed by atoms with E-state index in [0.29, 0.717) is 19.4 Å². The van der Waals surface area contributed by atoms with Crippen molar-refractivity contribution in [2.24, 2.45) is 22.4 Å². The lowest BCUT2D eigenvalue weighted by Crippen LogP contribution is -2.56. The zero-order chi connectivity index (χ0) is 40.3. The zero-order valence-electron chi connectivity index (χ0n) is 31.5. The number of nitrogens with zero attached hydrogens (tertiary/aromatic N) is 2. The number of carbonyl (C=O) groups is 6. The van der Waals surface area contributed by atoms with Gasteiger partial charge in [0, 0.05) is 31.6 Å². The summed E-state index contributed by atoms with van der Waals surface area (Å²) in [6, 6.07) is 0.295. The summed E-state index contributed by atoms with van der Waals surface area (Å²) in [6.07, 6.45) is 4.17. The maximum Gasteiger partial charge on any atom is 0.407 e. The van der Waals surface area contributed by atoms with Crippen molar-refractivity contribution >= 4 is 41.5 Å². The van der Waals surface area contributed by atoms with Crippen LogP contribution in [0, 0.1) is 5.92 Å². The molecule has 2 saturated heterocycles. The number of hydrogen-bond donors (Lipinski definition) is 7. The van der Waals surface area contributed by atoms with Crippen LogP contribution in [-0.2, 0) is 38.1 Å². The minimum atomic E-state index is -1.43. The van der Waals surface area contributed by atoms with Crippen LogP contribution in [0.3, 0.4) is 0 Å². The predicted octanol–water partition coefficient (Wildman–Crippen LogP) is -0.319. The number of aliphatic carboxylic acids is 1. The summed E-state index contributed by atoms with van der Waals surface area (Å²) in [5, 5.41) is 18.9. The SMILES string of the molecule is CO[C@@H]1[C@H](OC(=O)NCC(=O)N[C@@H](CCCN=C(N)N)C(=O)NCC(=O)N[C@@H](CC(=O)O)C(=O)c2cccnc2)CC[C@]2(CO2)[C@H]1[C@]1(C)O[C@@H]1CC=C(C)C. The van der Waals surface area contributed by atoms with E-state index in [2.05, 4.69) is 37.3 Å². The smallest absolute Gasteiger partial charge is 0.407 e. The first kappa shape index (κ1) is 42.6. The summed E-state index contributed by atoms with van der Waals surface area (Å²) in [6.45, 7) is 5.59. The summed E-state index contributed by atoms with van der Waals surface area (Å²) in [5.41, 5.74) is 11.1. The molecule has 19 nitrogen and oxygen atoms in total. The van der Waals surface area contributed by atoms with Gasteiger partial charge in [0.2, 0.25) is 17.7 Å². The number of ketones is 1. The lowest BCUT2D eigenvalue weighted by Gasteiger charge is -2.42. The van der Waals surface area contributed by atoms with E-state index >= 15 is 0 Å². The van der Waals surface area contributed by atoms with Crippen molar-refractivity contribution in [2.45, 2.75) is 101 Å². The number of carboxylic acid groups (broad SMARTS) is 1. The van der Waals surface area contributed by atoms with Crippen molar-refractivity contribution < 1.29 is 52.8 Å². The van der Waals surface area contributed by atoms with Gasteiger partial charge in [0.1, 0.15) is 42.0 Å². The first-order valence-electron chi connectivity index (χ1n) is 18.1. The molecule has 9 N–H and O–H groups in total. The third-order valence-electron chi connectivity index (χ3n) is 9.89. The molecule has 0 bridgehead atoms. The molecule has 19 heteroatoms. The predicted molar refractivity (Wildman–Crippen MR) is 195 cm³/mol. The van der Waals surface area contributed by atoms with Crippen LogP contribution in [0.25, 0.3) is 0 Å². The van der Waals surface area contributed by atoms with Gasteiger partial charge in [-0.25, -0.2) is 4.79 Å². The van der Waals surface area contributed by atoms with E-state index in [9.17, 15) is 33.9 Å². The molecule has 0 unspecified atom stereocenters. The number of allylic oxidation sites excluding steroid dienone is 1. The molecule has 0 aromatic carbocycles. The summed E-state index contributed by atoms with van der Waals surface area (Å²) < 4.78 is 23.8. The minimum absolute atomic E-state index is 0.0307. The van der Waals surface area contributed by atoms with Gasteiger partial charge in [0.05, 0.1) is 31.6 Å². The Bertz CT molecular complexity index is 1630. The molecule has 1 aromatic rings. The van der Waals surface area contributed by atoms with Crippen LogP contribution in [0.15, 0.2) is 41.2 Å².